The van der Waals surface area contributed by atoms with Gasteiger partial charge in [-0.05, 0) is 13.3 Å². The molecule has 2 atom stereocenters. The van der Waals surface area contributed by atoms with Gasteiger partial charge in [0.2, 0.25) is 5.91 Å². The molecule has 0 radical (unpaired) electrons. The molecule has 1 fully saturated rings. The lowest BCUT2D eigenvalue weighted by molar-refractivity contribution is -0.136. The number of thiazole rings is 1. The van der Waals surface area contributed by atoms with Gasteiger partial charge in [-0.15, -0.1) is 11.3 Å². The van der Waals surface area contributed by atoms with Crippen molar-refractivity contribution in [2.45, 2.75) is 26.0 Å². The maximum absolute atomic E-state index is 12.8. The van der Waals surface area contributed by atoms with Gasteiger partial charge in [-0.3, -0.25) is 9.48 Å². The van der Waals surface area contributed by atoms with Gasteiger partial charge in [-0.2, -0.15) is 5.10 Å². The second-order valence-corrected chi connectivity index (χ2v) is 6.59. The number of aromatic nitrogens is 3. The number of nitrogens with zero attached hydrogens (tertiary/aromatic N) is 4. The maximum Gasteiger partial charge on any atom is 0.228 e. The molecule has 1 aliphatic heterocycles. The Hall–Kier alpha value is -1.73. The quantitative estimate of drug-likeness (QED) is 0.863. The summed E-state index contributed by atoms with van der Waals surface area (Å²) < 4.78 is 7.66. The summed E-state index contributed by atoms with van der Waals surface area (Å²) in [6, 6.07) is 0. The van der Waals surface area contributed by atoms with E-state index in [1.807, 2.05) is 37.3 Å². The summed E-state index contributed by atoms with van der Waals surface area (Å²) in [4.78, 5) is 18.8. The second-order valence-electron chi connectivity index (χ2n) is 5.62. The zero-order valence-electron chi connectivity index (χ0n) is 13.0. The third-order valence-electron chi connectivity index (χ3n) is 4.22. The average molecular weight is 320 g/mol. The van der Waals surface area contributed by atoms with Crippen LogP contribution in [0.4, 0.5) is 0 Å². The number of ether oxygens (including phenoxy) is 1. The zero-order chi connectivity index (χ0) is 15.7. The smallest absolute Gasteiger partial charge is 0.228 e. The Labute approximate surface area is 133 Å². The van der Waals surface area contributed by atoms with Crippen molar-refractivity contribution in [2.75, 3.05) is 13.7 Å². The Morgan fingerprint density at radius 2 is 2.41 bits per heavy atom. The molecule has 3 heterocycles. The van der Waals surface area contributed by atoms with Gasteiger partial charge in [0.25, 0.3) is 0 Å². The van der Waals surface area contributed by atoms with Crippen LogP contribution in [0.3, 0.4) is 0 Å². The highest BCUT2D eigenvalue weighted by molar-refractivity contribution is 7.09. The summed E-state index contributed by atoms with van der Waals surface area (Å²) in [6.07, 6.45) is 4.13. The van der Waals surface area contributed by atoms with Crippen molar-refractivity contribution in [3.8, 4) is 0 Å². The lowest BCUT2D eigenvalue weighted by Crippen LogP contribution is -2.34. The summed E-state index contributed by atoms with van der Waals surface area (Å²) in [7, 11) is 3.73. The van der Waals surface area contributed by atoms with Gasteiger partial charge >= 0.3 is 0 Å². The van der Waals surface area contributed by atoms with Gasteiger partial charge < -0.3 is 9.64 Å². The van der Waals surface area contributed by atoms with Crippen LogP contribution in [0, 0.1) is 12.8 Å². The van der Waals surface area contributed by atoms with Crippen molar-refractivity contribution in [1.82, 2.24) is 19.7 Å². The summed E-state index contributed by atoms with van der Waals surface area (Å²) in [5, 5.41) is 7.14. The van der Waals surface area contributed by atoms with Crippen molar-refractivity contribution in [3.05, 3.63) is 34.0 Å². The molecule has 118 valence electrons. The molecule has 1 saturated heterocycles. The Kier molecular flexibility index (Phi) is 4.26. The minimum absolute atomic E-state index is 0.112. The molecule has 0 unspecified atom stereocenters. The van der Waals surface area contributed by atoms with E-state index in [1.165, 1.54) is 0 Å². The predicted molar refractivity (Wildman–Crippen MR) is 83.3 cm³/mol. The van der Waals surface area contributed by atoms with E-state index in [1.54, 1.807) is 22.4 Å². The van der Waals surface area contributed by atoms with Gasteiger partial charge in [-0.25, -0.2) is 4.98 Å². The van der Waals surface area contributed by atoms with Crippen molar-refractivity contribution in [2.24, 2.45) is 13.0 Å². The molecule has 22 heavy (non-hydrogen) atoms. The molecular weight excluding hydrogens is 300 g/mol. The van der Waals surface area contributed by atoms with Crippen LogP contribution in [0.5, 0.6) is 0 Å². The molecule has 0 bridgehead atoms. The highest BCUT2D eigenvalue weighted by atomic mass is 32.1. The number of rotatable bonds is 4. The molecule has 0 N–H and O–H groups in total. The van der Waals surface area contributed by atoms with Crippen LogP contribution >= 0.6 is 11.3 Å². The standard InChI is InChI=1S/C15H20N4O2S/c1-10-12(8-17-19(10)3)14-11(4-6-21-14)15(20)18(2)9-13-16-5-7-22-13/h5,7-8,11,14H,4,6,9H2,1-3H3/t11-,14-/m0/s1. The molecule has 1 aliphatic rings. The number of aryl methyl sites for hydroxylation is 1. The van der Waals surface area contributed by atoms with Crippen LogP contribution in [0.2, 0.25) is 0 Å². The van der Waals surface area contributed by atoms with Gasteiger partial charge in [0.05, 0.1) is 24.8 Å². The third kappa shape index (κ3) is 2.78. The van der Waals surface area contributed by atoms with Gasteiger partial charge in [-0.1, -0.05) is 0 Å². The van der Waals surface area contributed by atoms with E-state index in [4.69, 9.17) is 4.74 Å². The highest BCUT2D eigenvalue weighted by Crippen LogP contribution is 2.37. The van der Waals surface area contributed by atoms with Crippen LogP contribution in [0.25, 0.3) is 0 Å². The van der Waals surface area contributed by atoms with E-state index in [9.17, 15) is 4.79 Å². The predicted octanol–water partition coefficient (Wildman–Crippen LogP) is 1.92. The Morgan fingerprint density at radius 3 is 3.05 bits per heavy atom. The Balaban J connectivity index is 1.75. The first-order valence-corrected chi connectivity index (χ1v) is 8.19. The largest absolute Gasteiger partial charge is 0.373 e. The molecular formula is C15H20N4O2S. The maximum atomic E-state index is 12.8. The molecule has 3 rings (SSSR count). The molecule has 0 aromatic carbocycles. The minimum atomic E-state index is -0.194. The number of hydrogen-bond acceptors (Lipinski definition) is 5. The normalized spacial score (nSPS) is 21.2. The van der Waals surface area contributed by atoms with E-state index in [-0.39, 0.29) is 17.9 Å². The molecule has 2 aromatic rings. The number of hydrogen-bond donors (Lipinski definition) is 0. The van der Waals surface area contributed by atoms with E-state index < -0.39 is 0 Å². The number of carbonyl (C=O) groups is 1. The van der Waals surface area contributed by atoms with Crippen LogP contribution in [0.1, 0.15) is 28.8 Å². The fourth-order valence-corrected chi connectivity index (χ4v) is 3.51. The molecule has 0 aliphatic carbocycles. The number of carbonyl (C=O) groups excluding carboxylic acids is 1. The lowest BCUT2D eigenvalue weighted by atomic mass is 9.94. The van der Waals surface area contributed by atoms with Crippen molar-refractivity contribution in [3.63, 3.8) is 0 Å². The first-order chi connectivity index (χ1) is 10.6. The summed E-state index contributed by atoms with van der Waals surface area (Å²) in [5.74, 6) is -0.0335. The molecule has 6 nitrogen and oxygen atoms in total. The highest BCUT2D eigenvalue weighted by Gasteiger charge is 2.38. The van der Waals surface area contributed by atoms with Crippen molar-refractivity contribution < 1.29 is 9.53 Å². The van der Waals surface area contributed by atoms with Crippen molar-refractivity contribution in [1.29, 1.82) is 0 Å². The Bertz CT molecular complexity index is 653. The van der Waals surface area contributed by atoms with Gasteiger partial charge in [0, 0.05) is 43.5 Å². The van der Waals surface area contributed by atoms with Gasteiger partial charge in [0.15, 0.2) is 0 Å². The minimum Gasteiger partial charge on any atom is -0.373 e. The average Bonchev–Trinajstić information content (AvgIpc) is 3.22. The zero-order valence-corrected chi connectivity index (χ0v) is 13.8. The third-order valence-corrected chi connectivity index (χ3v) is 4.99. The summed E-state index contributed by atoms with van der Waals surface area (Å²) >= 11 is 1.56. The lowest BCUT2D eigenvalue weighted by Gasteiger charge is -2.23. The summed E-state index contributed by atoms with van der Waals surface area (Å²) in [5.41, 5.74) is 2.06. The molecule has 2 aromatic heterocycles. The van der Waals surface area contributed by atoms with Crippen LogP contribution in [-0.4, -0.2) is 39.2 Å². The molecule has 7 heteroatoms. The SMILES string of the molecule is Cc1c([C@H]2OCC[C@@H]2C(=O)N(C)Cc2nccs2)cnn1C. The first-order valence-electron chi connectivity index (χ1n) is 7.31. The Morgan fingerprint density at radius 1 is 1.59 bits per heavy atom. The molecule has 0 spiro atoms. The topological polar surface area (TPSA) is 60.2 Å². The number of amides is 1. The van der Waals surface area contributed by atoms with Crippen LogP contribution in [-0.2, 0) is 23.1 Å². The second kappa shape index (κ2) is 6.18. The van der Waals surface area contributed by atoms with E-state index >= 15 is 0 Å². The first kappa shape index (κ1) is 15.2. The molecule has 1 amide bonds. The fraction of sp³-hybridized carbons (Fsp3) is 0.533. The fourth-order valence-electron chi connectivity index (χ4n) is 2.84. The van der Waals surface area contributed by atoms with E-state index in [0.29, 0.717) is 13.2 Å². The van der Waals surface area contributed by atoms with Gasteiger partial charge in [0.1, 0.15) is 5.01 Å². The van der Waals surface area contributed by atoms with Crippen LogP contribution < -0.4 is 0 Å². The van der Waals surface area contributed by atoms with Crippen molar-refractivity contribution >= 4 is 17.2 Å². The summed E-state index contributed by atoms with van der Waals surface area (Å²) in [6.45, 7) is 3.16. The van der Waals surface area contributed by atoms with Crippen LogP contribution in [0.15, 0.2) is 17.8 Å². The monoisotopic (exact) mass is 320 g/mol. The van der Waals surface area contributed by atoms with E-state index in [2.05, 4.69) is 10.1 Å². The van der Waals surface area contributed by atoms with E-state index in [0.717, 1.165) is 22.7 Å². The molecule has 0 saturated carbocycles.